The molecule has 62 heavy (non-hydrogen) atoms. The van der Waals surface area contributed by atoms with Crippen molar-refractivity contribution in [1.82, 2.24) is 0 Å². The number of hydrogen-bond donors (Lipinski definition) is 4. The van der Waals surface area contributed by atoms with E-state index in [4.69, 9.17) is 23.5 Å². The molecule has 1 heterocycles. The highest BCUT2D eigenvalue weighted by Crippen LogP contribution is 2.26. The van der Waals surface area contributed by atoms with Crippen molar-refractivity contribution in [3.63, 3.8) is 0 Å². The van der Waals surface area contributed by atoms with E-state index in [2.05, 4.69) is 127 Å². The molecule has 0 aromatic rings. The molecule has 0 spiro atoms. The zero-order valence-electron chi connectivity index (χ0n) is 37.4. The first-order valence-electron chi connectivity index (χ1n) is 22.6. The van der Waals surface area contributed by atoms with E-state index in [0.29, 0.717) is 13.0 Å². The Kier molecular flexibility index (Phi) is 36.0. The number of carbonyl (C=O) groups is 1. The summed E-state index contributed by atoms with van der Waals surface area (Å²) in [6.45, 7) is 3.60. The number of ether oxygens (including phenoxy) is 4. The van der Waals surface area contributed by atoms with Crippen LogP contribution in [0.5, 0.6) is 0 Å². The van der Waals surface area contributed by atoms with Crippen LogP contribution in [0.3, 0.4) is 0 Å². The lowest BCUT2D eigenvalue weighted by Gasteiger charge is -2.41. The number of hydrogen-bond acceptors (Lipinski definition) is 11. The van der Waals surface area contributed by atoms with Gasteiger partial charge in [-0.2, -0.15) is 8.42 Å². The van der Waals surface area contributed by atoms with Gasteiger partial charge in [0.05, 0.1) is 19.8 Å². The average Bonchev–Trinajstić information content (AvgIpc) is 3.24. The first-order valence-corrected chi connectivity index (χ1v) is 24.0. The van der Waals surface area contributed by atoms with Gasteiger partial charge in [0.1, 0.15) is 30.5 Å². The lowest BCUT2D eigenvalue weighted by atomic mass is 9.99. The molecule has 0 bridgehead atoms. The van der Waals surface area contributed by atoms with Gasteiger partial charge in [-0.05, 0) is 96.3 Å². The lowest BCUT2D eigenvalue weighted by Crippen LogP contribution is -2.60. The van der Waals surface area contributed by atoms with Gasteiger partial charge in [0.15, 0.2) is 6.29 Å². The van der Waals surface area contributed by atoms with E-state index in [1.165, 1.54) is 0 Å². The zero-order valence-corrected chi connectivity index (χ0v) is 38.2. The summed E-state index contributed by atoms with van der Waals surface area (Å²) in [6, 6.07) is 0. The summed E-state index contributed by atoms with van der Waals surface area (Å²) in [5.74, 6) is -0.447. The average molecular weight is 891 g/mol. The molecule has 1 aliphatic heterocycles. The maximum absolute atomic E-state index is 12.8. The van der Waals surface area contributed by atoms with E-state index >= 15 is 0 Å². The second-order valence-corrected chi connectivity index (χ2v) is 15.9. The van der Waals surface area contributed by atoms with Crippen LogP contribution in [0.1, 0.15) is 129 Å². The maximum atomic E-state index is 12.8. The predicted molar refractivity (Wildman–Crippen MR) is 248 cm³/mol. The number of aliphatic hydroxyl groups is 3. The fourth-order valence-electron chi connectivity index (χ4n) is 6.04. The Morgan fingerprint density at radius 2 is 1.06 bits per heavy atom. The number of allylic oxidation sites excluding steroid dienone is 18. The van der Waals surface area contributed by atoms with Crippen LogP contribution in [-0.2, 0) is 38.3 Å². The Balaban J connectivity index is 2.47. The van der Waals surface area contributed by atoms with E-state index < -0.39 is 59.8 Å². The van der Waals surface area contributed by atoms with Crippen LogP contribution in [0.25, 0.3) is 0 Å². The number of aliphatic hydroxyl groups excluding tert-OH is 3. The molecule has 0 aliphatic carbocycles. The smallest absolute Gasteiger partial charge is 0.397 e. The van der Waals surface area contributed by atoms with Crippen LogP contribution in [0, 0.1) is 0 Å². The molecule has 13 heteroatoms. The van der Waals surface area contributed by atoms with Crippen molar-refractivity contribution in [2.45, 2.75) is 166 Å². The third kappa shape index (κ3) is 32.4. The van der Waals surface area contributed by atoms with E-state index in [-0.39, 0.29) is 19.6 Å². The summed E-state index contributed by atoms with van der Waals surface area (Å²) in [5, 5.41) is 30.6. The van der Waals surface area contributed by atoms with E-state index in [0.717, 1.165) is 103 Å². The van der Waals surface area contributed by atoms with Gasteiger partial charge < -0.3 is 34.3 Å². The quantitative estimate of drug-likeness (QED) is 0.0201. The van der Waals surface area contributed by atoms with Crippen LogP contribution >= 0.6 is 0 Å². The van der Waals surface area contributed by atoms with Crippen molar-refractivity contribution in [1.29, 1.82) is 0 Å². The van der Waals surface area contributed by atoms with Crippen LogP contribution in [0.4, 0.5) is 0 Å². The van der Waals surface area contributed by atoms with Gasteiger partial charge in [0.2, 0.25) is 0 Å². The Labute approximate surface area is 373 Å². The van der Waals surface area contributed by atoms with Crippen molar-refractivity contribution in [3.05, 3.63) is 109 Å². The van der Waals surface area contributed by atoms with Gasteiger partial charge in [-0.1, -0.05) is 136 Å². The van der Waals surface area contributed by atoms with Crippen molar-refractivity contribution < 1.29 is 56.2 Å². The number of rotatable bonds is 37. The third-order valence-electron chi connectivity index (χ3n) is 9.39. The predicted octanol–water partition coefficient (Wildman–Crippen LogP) is 9.63. The molecule has 4 N–H and O–H groups in total. The highest BCUT2D eigenvalue weighted by molar-refractivity contribution is 7.80. The van der Waals surface area contributed by atoms with Crippen LogP contribution < -0.4 is 0 Å². The molecule has 0 saturated carbocycles. The molecule has 0 aromatic carbocycles. The molecule has 1 saturated heterocycles. The molecule has 1 aliphatic rings. The second-order valence-electron chi connectivity index (χ2n) is 14.9. The van der Waals surface area contributed by atoms with Crippen molar-refractivity contribution in [2.24, 2.45) is 0 Å². The second kappa shape index (κ2) is 39.4. The summed E-state index contributed by atoms with van der Waals surface area (Å²) in [5.41, 5.74) is 0. The Hall–Kier alpha value is -3.24. The summed E-state index contributed by atoms with van der Waals surface area (Å²) >= 11 is 0. The normalized spacial score (nSPS) is 21.0. The molecule has 0 radical (unpaired) electrons. The van der Waals surface area contributed by atoms with Crippen molar-refractivity contribution >= 4 is 16.4 Å². The number of carbonyl (C=O) groups excluding carboxylic acids is 1. The van der Waals surface area contributed by atoms with Crippen molar-refractivity contribution in [3.8, 4) is 0 Å². The van der Waals surface area contributed by atoms with Gasteiger partial charge in [-0.15, -0.1) is 0 Å². The van der Waals surface area contributed by atoms with Crippen molar-refractivity contribution in [2.75, 3.05) is 26.4 Å². The lowest BCUT2D eigenvalue weighted by molar-refractivity contribution is -0.301. The summed E-state index contributed by atoms with van der Waals surface area (Å²) in [7, 11) is -5.08. The molecular weight excluding hydrogens is 813 g/mol. The van der Waals surface area contributed by atoms with Crippen LogP contribution in [0.15, 0.2) is 109 Å². The highest BCUT2D eigenvalue weighted by Gasteiger charge is 2.48. The molecule has 12 nitrogen and oxygen atoms in total. The van der Waals surface area contributed by atoms with Crippen LogP contribution in [-0.4, -0.2) is 97.5 Å². The van der Waals surface area contributed by atoms with Gasteiger partial charge in [-0.3, -0.25) is 9.35 Å². The van der Waals surface area contributed by atoms with E-state index in [1.54, 1.807) is 0 Å². The maximum Gasteiger partial charge on any atom is 0.397 e. The van der Waals surface area contributed by atoms with Gasteiger partial charge in [-0.25, -0.2) is 4.18 Å². The number of unbranched alkanes of at least 4 members (excludes halogenated alkanes) is 6. The molecule has 6 atom stereocenters. The van der Waals surface area contributed by atoms with Gasteiger partial charge >= 0.3 is 16.4 Å². The molecule has 6 unspecified atom stereocenters. The Morgan fingerprint density at radius 3 is 1.52 bits per heavy atom. The van der Waals surface area contributed by atoms with Gasteiger partial charge in [0, 0.05) is 13.0 Å². The minimum absolute atomic E-state index is 0.00710. The first-order chi connectivity index (χ1) is 30.1. The molecule has 352 valence electrons. The SMILES string of the molecule is CC/C=C\C/C=C\C/C=C\C/C=C\C/C=C\C/C=C\CCCCCOCC(COC1OC(CO)C(O)C(OS(=O)(=O)O)C1O)OC(=O)CCCCC/C=C\C/C=C\C/C=C\CC. The molecular formula is C49H78O12S. The molecule has 0 aromatic heterocycles. The monoisotopic (exact) mass is 891 g/mol. The van der Waals surface area contributed by atoms with Gasteiger partial charge in [0.25, 0.3) is 0 Å². The summed E-state index contributed by atoms with van der Waals surface area (Å²) < 4.78 is 59.0. The third-order valence-corrected chi connectivity index (χ3v) is 9.86. The molecule has 1 fully saturated rings. The number of esters is 1. The first kappa shape index (κ1) is 56.8. The Bertz CT molecular complexity index is 1490. The molecule has 1 rings (SSSR count). The highest BCUT2D eigenvalue weighted by atomic mass is 32.3. The zero-order chi connectivity index (χ0) is 45.4. The van der Waals surface area contributed by atoms with Crippen LogP contribution in [0.2, 0.25) is 0 Å². The van der Waals surface area contributed by atoms with E-state index in [9.17, 15) is 28.5 Å². The topological polar surface area (TPSA) is 178 Å². The largest absolute Gasteiger partial charge is 0.457 e. The summed E-state index contributed by atoms with van der Waals surface area (Å²) in [6.07, 6.45) is 45.6. The minimum Gasteiger partial charge on any atom is -0.457 e. The minimum atomic E-state index is -5.08. The van der Waals surface area contributed by atoms with E-state index in [1.807, 2.05) is 0 Å². The Morgan fingerprint density at radius 1 is 0.613 bits per heavy atom. The fraction of sp³-hybridized carbons (Fsp3) is 0.612. The summed E-state index contributed by atoms with van der Waals surface area (Å²) in [4.78, 5) is 12.8. The fourth-order valence-corrected chi connectivity index (χ4v) is 6.55. The molecule has 0 amide bonds. The standard InChI is InChI=1S/C49H78O12S/c1-3-5-7-9-11-13-15-17-18-19-20-21-22-23-24-25-27-29-31-33-35-37-39-57-41-43(42-58-49-47(53)48(61-62(54,55)56)46(52)44(40-50)60-49)59-45(51)38-36-34-32-30-28-26-16-14-12-10-8-6-4-2/h5-8,11-14,17-18,20-21,23-24,26-29,43-44,46-50,52-53H,3-4,9-10,15-16,19,22,25,30-42H2,1-2H3,(H,54,55,56)/b7-5-,8-6-,13-11-,14-12-,18-17-,21-20-,24-23-,28-26-,29-27-.